The SMILES string of the molecule is CC(C)N(CCCNC(=O)c1ccn(C2CCCNC2)n1)C(C)C.Cl. The number of rotatable bonds is 8. The number of carbonyl (C=O) groups is 1. The standard InChI is InChI=1S/C18H33N5O.ClH/c1-14(2)22(15(3)4)11-6-10-20-18(24)17-8-12-23(21-17)16-7-5-9-19-13-16;/h8,12,14-16,19H,5-7,9-11,13H2,1-4H3,(H,20,24);1H. The second kappa shape index (κ2) is 10.8. The average molecular weight is 372 g/mol. The molecule has 0 spiro atoms. The Balaban J connectivity index is 0.00000312. The van der Waals surface area contributed by atoms with E-state index in [1.807, 2.05) is 16.9 Å². The van der Waals surface area contributed by atoms with Crippen molar-refractivity contribution in [2.45, 2.75) is 65.1 Å². The Hall–Kier alpha value is -1.11. The van der Waals surface area contributed by atoms with Crippen LogP contribution in [-0.4, -0.2) is 58.9 Å². The summed E-state index contributed by atoms with van der Waals surface area (Å²) in [6, 6.07) is 3.24. The molecule has 0 bridgehead atoms. The third kappa shape index (κ3) is 6.60. The van der Waals surface area contributed by atoms with E-state index in [4.69, 9.17) is 0 Å². The fourth-order valence-corrected chi connectivity index (χ4v) is 3.39. The van der Waals surface area contributed by atoms with Crippen LogP contribution in [0.3, 0.4) is 0 Å². The molecule has 1 atom stereocenters. The zero-order valence-electron chi connectivity index (χ0n) is 16.0. The van der Waals surface area contributed by atoms with Crippen molar-refractivity contribution < 1.29 is 4.79 Å². The van der Waals surface area contributed by atoms with Crippen molar-refractivity contribution in [1.29, 1.82) is 0 Å². The molecule has 0 aliphatic carbocycles. The normalized spacial score (nSPS) is 17.8. The lowest BCUT2D eigenvalue weighted by Crippen LogP contribution is -2.39. The Morgan fingerprint density at radius 2 is 2.12 bits per heavy atom. The number of piperidine rings is 1. The van der Waals surface area contributed by atoms with E-state index in [0.29, 0.717) is 30.4 Å². The number of hydrogen-bond acceptors (Lipinski definition) is 4. The van der Waals surface area contributed by atoms with Crippen LogP contribution in [0.2, 0.25) is 0 Å². The van der Waals surface area contributed by atoms with Gasteiger partial charge in [-0.15, -0.1) is 12.4 Å². The van der Waals surface area contributed by atoms with E-state index in [1.54, 1.807) is 0 Å². The lowest BCUT2D eigenvalue weighted by molar-refractivity contribution is 0.0943. The number of aromatic nitrogens is 2. The molecule has 1 aromatic rings. The Kier molecular flexibility index (Phi) is 9.46. The summed E-state index contributed by atoms with van der Waals surface area (Å²) < 4.78 is 1.93. The maximum Gasteiger partial charge on any atom is 0.271 e. The summed E-state index contributed by atoms with van der Waals surface area (Å²) in [5.74, 6) is -0.0711. The maximum absolute atomic E-state index is 12.2. The van der Waals surface area contributed by atoms with Gasteiger partial charge in [-0.05, 0) is 59.6 Å². The highest BCUT2D eigenvalue weighted by atomic mass is 35.5. The predicted octanol–water partition coefficient (Wildman–Crippen LogP) is 2.47. The number of amides is 1. The van der Waals surface area contributed by atoms with Crippen molar-refractivity contribution in [3.8, 4) is 0 Å². The lowest BCUT2D eigenvalue weighted by atomic mass is 10.1. The molecule has 1 aromatic heterocycles. The van der Waals surface area contributed by atoms with Gasteiger partial charge in [0.15, 0.2) is 0 Å². The summed E-state index contributed by atoms with van der Waals surface area (Å²) in [4.78, 5) is 14.7. The molecule has 1 saturated heterocycles. The fourth-order valence-electron chi connectivity index (χ4n) is 3.39. The lowest BCUT2D eigenvalue weighted by Gasteiger charge is -2.30. The Morgan fingerprint density at radius 3 is 2.72 bits per heavy atom. The van der Waals surface area contributed by atoms with Crippen LogP contribution in [-0.2, 0) is 0 Å². The Labute approximate surface area is 158 Å². The molecule has 0 aromatic carbocycles. The molecule has 1 unspecified atom stereocenters. The number of nitrogens with one attached hydrogen (secondary N) is 2. The van der Waals surface area contributed by atoms with Gasteiger partial charge in [0.1, 0.15) is 5.69 Å². The average Bonchev–Trinajstić information content (AvgIpc) is 3.04. The van der Waals surface area contributed by atoms with Crippen molar-refractivity contribution in [3.05, 3.63) is 18.0 Å². The van der Waals surface area contributed by atoms with Crippen LogP contribution in [0, 0.1) is 0 Å². The van der Waals surface area contributed by atoms with Crippen molar-refractivity contribution >= 4 is 18.3 Å². The van der Waals surface area contributed by atoms with Crippen LogP contribution < -0.4 is 10.6 Å². The number of halogens is 1. The first-order chi connectivity index (χ1) is 11.5. The number of nitrogens with zero attached hydrogens (tertiary/aromatic N) is 3. The molecule has 6 nitrogen and oxygen atoms in total. The topological polar surface area (TPSA) is 62.2 Å². The summed E-state index contributed by atoms with van der Waals surface area (Å²) in [5, 5.41) is 10.8. The molecule has 2 heterocycles. The summed E-state index contributed by atoms with van der Waals surface area (Å²) in [6.07, 6.45) is 5.16. The second-order valence-corrected chi connectivity index (χ2v) is 7.22. The monoisotopic (exact) mass is 371 g/mol. The molecular formula is C18H34ClN5O. The number of hydrogen-bond donors (Lipinski definition) is 2. The fraction of sp³-hybridized carbons (Fsp3) is 0.778. The minimum absolute atomic E-state index is 0. The van der Waals surface area contributed by atoms with Crippen LogP contribution in [0.4, 0.5) is 0 Å². The highest BCUT2D eigenvalue weighted by Crippen LogP contribution is 2.15. The molecule has 2 N–H and O–H groups in total. The third-order valence-corrected chi connectivity index (χ3v) is 4.69. The Morgan fingerprint density at radius 1 is 1.40 bits per heavy atom. The molecule has 1 aliphatic heterocycles. The van der Waals surface area contributed by atoms with Gasteiger partial charge in [0.25, 0.3) is 5.91 Å². The van der Waals surface area contributed by atoms with Gasteiger partial charge in [-0.1, -0.05) is 0 Å². The smallest absolute Gasteiger partial charge is 0.271 e. The molecule has 1 fully saturated rings. The van der Waals surface area contributed by atoms with Gasteiger partial charge in [0, 0.05) is 37.9 Å². The van der Waals surface area contributed by atoms with Crippen molar-refractivity contribution in [3.63, 3.8) is 0 Å². The Bertz CT molecular complexity index is 503. The molecule has 1 amide bonds. The van der Waals surface area contributed by atoms with Crippen LogP contribution in [0.5, 0.6) is 0 Å². The van der Waals surface area contributed by atoms with E-state index in [1.165, 1.54) is 0 Å². The van der Waals surface area contributed by atoms with Gasteiger partial charge in [-0.2, -0.15) is 5.10 Å². The zero-order chi connectivity index (χ0) is 17.5. The maximum atomic E-state index is 12.2. The van der Waals surface area contributed by atoms with E-state index in [9.17, 15) is 4.79 Å². The van der Waals surface area contributed by atoms with Crippen LogP contribution in [0.1, 0.15) is 63.5 Å². The molecule has 0 radical (unpaired) electrons. The minimum Gasteiger partial charge on any atom is -0.351 e. The summed E-state index contributed by atoms with van der Waals surface area (Å²) >= 11 is 0. The van der Waals surface area contributed by atoms with E-state index < -0.39 is 0 Å². The summed E-state index contributed by atoms with van der Waals surface area (Å²) in [6.45, 7) is 12.6. The van der Waals surface area contributed by atoms with Crippen molar-refractivity contribution in [2.75, 3.05) is 26.2 Å². The van der Waals surface area contributed by atoms with Gasteiger partial charge in [0.05, 0.1) is 6.04 Å². The van der Waals surface area contributed by atoms with Crippen molar-refractivity contribution in [2.24, 2.45) is 0 Å². The number of carbonyl (C=O) groups excluding carboxylic acids is 1. The van der Waals surface area contributed by atoms with E-state index in [-0.39, 0.29) is 18.3 Å². The van der Waals surface area contributed by atoms with Crippen molar-refractivity contribution in [1.82, 2.24) is 25.3 Å². The highest BCUT2D eigenvalue weighted by Gasteiger charge is 2.18. The molecule has 25 heavy (non-hydrogen) atoms. The van der Waals surface area contributed by atoms with Gasteiger partial charge < -0.3 is 10.6 Å². The molecule has 0 saturated carbocycles. The zero-order valence-corrected chi connectivity index (χ0v) is 16.8. The predicted molar refractivity (Wildman–Crippen MR) is 105 cm³/mol. The van der Waals surface area contributed by atoms with E-state index >= 15 is 0 Å². The second-order valence-electron chi connectivity index (χ2n) is 7.22. The summed E-state index contributed by atoms with van der Waals surface area (Å²) in [5.41, 5.74) is 0.519. The van der Waals surface area contributed by atoms with Crippen LogP contribution in [0.25, 0.3) is 0 Å². The molecule has 1 aliphatic rings. The molecule has 7 heteroatoms. The van der Waals surface area contributed by atoms with Crippen LogP contribution in [0.15, 0.2) is 12.3 Å². The highest BCUT2D eigenvalue weighted by molar-refractivity contribution is 5.92. The molecule has 2 rings (SSSR count). The molecular weight excluding hydrogens is 338 g/mol. The first kappa shape index (κ1) is 21.9. The van der Waals surface area contributed by atoms with Gasteiger partial charge in [-0.25, -0.2) is 0 Å². The van der Waals surface area contributed by atoms with Gasteiger partial charge in [0.2, 0.25) is 0 Å². The first-order valence-corrected chi connectivity index (χ1v) is 9.29. The quantitative estimate of drug-likeness (QED) is 0.689. The minimum atomic E-state index is -0.0711. The third-order valence-electron chi connectivity index (χ3n) is 4.69. The first-order valence-electron chi connectivity index (χ1n) is 9.29. The summed E-state index contributed by atoms with van der Waals surface area (Å²) in [7, 11) is 0. The van der Waals surface area contributed by atoms with Gasteiger partial charge in [-0.3, -0.25) is 14.4 Å². The van der Waals surface area contributed by atoms with E-state index in [0.717, 1.165) is 38.9 Å². The van der Waals surface area contributed by atoms with Gasteiger partial charge >= 0.3 is 0 Å². The van der Waals surface area contributed by atoms with Crippen LogP contribution >= 0.6 is 12.4 Å². The largest absolute Gasteiger partial charge is 0.351 e. The van der Waals surface area contributed by atoms with E-state index in [2.05, 4.69) is 48.3 Å². The molecule has 144 valence electrons.